The van der Waals surface area contributed by atoms with Gasteiger partial charge in [-0.15, -0.1) is 10.2 Å². The second-order valence-electron chi connectivity index (χ2n) is 7.86. The summed E-state index contributed by atoms with van der Waals surface area (Å²) in [6.07, 6.45) is -0.356. The van der Waals surface area contributed by atoms with Crippen molar-refractivity contribution in [2.45, 2.75) is 31.1 Å². The summed E-state index contributed by atoms with van der Waals surface area (Å²) in [7, 11) is 1.65. The van der Waals surface area contributed by atoms with E-state index in [1.807, 2.05) is 6.07 Å². The third-order valence-electron chi connectivity index (χ3n) is 5.59. The third-order valence-corrected chi connectivity index (χ3v) is 5.90. The Hall–Kier alpha value is -3.38. The number of carbonyl (C=O) groups is 1. The fourth-order valence-electron chi connectivity index (χ4n) is 4.05. The molecular weight excluding hydrogens is 438 g/mol. The number of nitrogens with one attached hydrogen (secondary N) is 1. The Bertz CT molecular complexity index is 1190. The van der Waals surface area contributed by atoms with E-state index in [0.29, 0.717) is 22.6 Å². The van der Waals surface area contributed by atoms with Crippen molar-refractivity contribution in [1.82, 2.24) is 20.2 Å². The third kappa shape index (κ3) is 4.60. The van der Waals surface area contributed by atoms with Gasteiger partial charge in [0.05, 0.1) is 23.6 Å². The summed E-state index contributed by atoms with van der Waals surface area (Å²) in [5, 5.41) is 23.9. The first kappa shape index (κ1) is 21.8. The van der Waals surface area contributed by atoms with Gasteiger partial charge in [0, 0.05) is 24.1 Å². The minimum Gasteiger partial charge on any atom is -0.326 e. The Balaban J connectivity index is 1.62. The summed E-state index contributed by atoms with van der Waals surface area (Å²) in [5.41, 5.74) is 2.01. The number of amides is 1. The van der Waals surface area contributed by atoms with Crippen LogP contribution in [0.25, 0.3) is 11.4 Å². The van der Waals surface area contributed by atoms with Crippen LogP contribution in [0, 0.1) is 17.2 Å². The summed E-state index contributed by atoms with van der Waals surface area (Å²) < 4.78 is 28.0. The van der Waals surface area contributed by atoms with E-state index in [1.54, 1.807) is 37.4 Å². The highest BCUT2D eigenvalue weighted by Crippen LogP contribution is 2.46. The highest BCUT2D eigenvalue weighted by atomic mass is 35.5. The number of aromatic nitrogens is 4. The summed E-state index contributed by atoms with van der Waals surface area (Å²) in [6, 6.07) is 13.5. The monoisotopic (exact) mass is 456 g/mol. The lowest BCUT2D eigenvalue weighted by atomic mass is 9.83. The van der Waals surface area contributed by atoms with Crippen molar-refractivity contribution in [3.63, 3.8) is 0 Å². The number of nitriles is 1. The predicted octanol–water partition coefficient (Wildman–Crippen LogP) is 4.56. The zero-order valence-electron chi connectivity index (χ0n) is 17.1. The predicted molar refractivity (Wildman–Crippen MR) is 114 cm³/mol. The van der Waals surface area contributed by atoms with Gasteiger partial charge in [0.15, 0.2) is 0 Å². The number of rotatable bonds is 5. The quantitative estimate of drug-likeness (QED) is 0.607. The van der Waals surface area contributed by atoms with Gasteiger partial charge in [0.1, 0.15) is 6.07 Å². The van der Waals surface area contributed by atoms with Crippen LogP contribution in [-0.2, 0) is 11.8 Å². The van der Waals surface area contributed by atoms with Crippen molar-refractivity contribution >= 4 is 23.2 Å². The molecule has 1 amide bonds. The first-order chi connectivity index (χ1) is 15.3. The van der Waals surface area contributed by atoms with Crippen LogP contribution in [0.15, 0.2) is 42.5 Å². The highest BCUT2D eigenvalue weighted by molar-refractivity contribution is 6.32. The number of nitrogens with zero attached hydrogens (tertiary/aromatic N) is 5. The van der Waals surface area contributed by atoms with Crippen LogP contribution in [0.5, 0.6) is 0 Å². The molecule has 0 bridgehead atoms. The molecule has 4 rings (SSSR count). The Labute approximate surface area is 188 Å². The van der Waals surface area contributed by atoms with Gasteiger partial charge in [-0.05, 0) is 41.3 Å². The Morgan fingerprint density at radius 3 is 2.62 bits per heavy atom. The van der Waals surface area contributed by atoms with Crippen molar-refractivity contribution in [2.75, 3.05) is 5.32 Å². The van der Waals surface area contributed by atoms with E-state index in [2.05, 4.69) is 20.7 Å². The van der Waals surface area contributed by atoms with Gasteiger partial charge in [0.25, 0.3) is 0 Å². The van der Waals surface area contributed by atoms with Gasteiger partial charge in [0.2, 0.25) is 17.7 Å². The summed E-state index contributed by atoms with van der Waals surface area (Å²) in [5.74, 6) is -4.05. The van der Waals surface area contributed by atoms with Crippen molar-refractivity contribution in [1.29, 1.82) is 5.26 Å². The summed E-state index contributed by atoms with van der Waals surface area (Å²) in [6.45, 7) is 0. The Kier molecular flexibility index (Phi) is 5.89. The van der Waals surface area contributed by atoms with Gasteiger partial charge in [-0.2, -0.15) is 10.1 Å². The number of anilines is 1. The second-order valence-corrected chi connectivity index (χ2v) is 8.26. The zero-order valence-corrected chi connectivity index (χ0v) is 17.9. The van der Waals surface area contributed by atoms with E-state index < -0.39 is 23.7 Å². The summed E-state index contributed by atoms with van der Waals surface area (Å²) >= 11 is 6.06. The normalized spacial score (nSPS) is 18.2. The average Bonchev–Trinajstić information content (AvgIpc) is 3.34. The molecule has 2 aromatic carbocycles. The molecule has 10 heteroatoms. The molecule has 0 aliphatic heterocycles. The number of alkyl halides is 2. The number of carbonyl (C=O) groups excluding carboxylic acids is 1. The number of aryl methyl sites for hydroxylation is 1. The number of tetrazole rings is 1. The van der Waals surface area contributed by atoms with Crippen LogP contribution in [0.1, 0.15) is 36.3 Å². The van der Waals surface area contributed by atoms with Crippen LogP contribution in [0.4, 0.5) is 14.5 Å². The fraction of sp³-hybridized carbons (Fsp3) is 0.318. The molecule has 32 heavy (non-hydrogen) atoms. The topological polar surface area (TPSA) is 96.5 Å². The minimum absolute atomic E-state index is 0.204. The fourth-order valence-corrected chi connectivity index (χ4v) is 4.27. The molecule has 1 aliphatic carbocycles. The van der Waals surface area contributed by atoms with Gasteiger partial charge >= 0.3 is 0 Å². The highest BCUT2D eigenvalue weighted by Gasteiger charge is 2.45. The molecule has 2 atom stereocenters. The largest absolute Gasteiger partial charge is 0.326 e. The number of hydrogen-bond acceptors (Lipinski definition) is 5. The lowest BCUT2D eigenvalue weighted by molar-refractivity contribution is -0.118. The van der Waals surface area contributed by atoms with Gasteiger partial charge in [-0.25, -0.2) is 8.78 Å². The molecule has 0 unspecified atom stereocenters. The first-order valence-electron chi connectivity index (χ1n) is 9.98. The zero-order chi connectivity index (χ0) is 22.9. The molecular formula is C22H19ClF2N6O. The van der Waals surface area contributed by atoms with E-state index in [9.17, 15) is 13.6 Å². The summed E-state index contributed by atoms with van der Waals surface area (Å²) in [4.78, 5) is 14.6. The Morgan fingerprint density at radius 1 is 1.31 bits per heavy atom. The molecule has 1 aromatic heterocycles. The number of hydrogen-bond donors (Lipinski definition) is 1. The SMILES string of the molecule is Cn1nnc(-c2ccc([C@@H](C(=O)Nc3ccc(C#N)c(Cl)c3)[C@H]3CCC(F)(F)C3)cc2)n1. The van der Waals surface area contributed by atoms with Crippen LogP contribution in [-0.4, -0.2) is 32.0 Å². The van der Waals surface area contributed by atoms with E-state index in [0.717, 1.165) is 0 Å². The maximum atomic E-state index is 14.0. The van der Waals surface area contributed by atoms with Gasteiger partial charge in [-0.1, -0.05) is 35.9 Å². The number of halogens is 3. The van der Waals surface area contributed by atoms with E-state index in [1.165, 1.54) is 16.9 Å². The molecule has 3 aromatic rings. The molecule has 1 fully saturated rings. The number of benzene rings is 2. The molecule has 0 radical (unpaired) electrons. The maximum Gasteiger partial charge on any atom is 0.248 e. The Morgan fingerprint density at radius 2 is 2.06 bits per heavy atom. The van der Waals surface area contributed by atoms with Crippen molar-refractivity contribution in [3.05, 3.63) is 58.6 Å². The van der Waals surface area contributed by atoms with Crippen molar-refractivity contribution in [3.8, 4) is 17.5 Å². The molecule has 164 valence electrons. The first-order valence-corrected chi connectivity index (χ1v) is 10.4. The van der Waals surface area contributed by atoms with E-state index in [4.69, 9.17) is 16.9 Å². The molecule has 7 nitrogen and oxygen atoms in total. The lowest BCUT2D eigenvalue weighted by Crippen LogP contribution is -2.27. The van der Waals surface area contributed by atoms with Gasteiger partial charge in [-0.3, -0.25) is 4.79 Å². The smallest absolute Gasteiger partial charge is 0.248 e. The van der Waals surface area contributed by atoms with Crippen molar-refractivity contribution < 1.29 is 13.6 Å². The van der Waals surface area contributed by atoms with Crippen LogP contribution < -0.4 is 5.32 Å². The second kappa shape index (κ2) is 8.63. The maximum absolute atomic E-state index is 14.0. The lowest BCUT2D eigenvalue weighted by Gasteiger charge is -2.24. The van der Waals surface area contributed by atoms with Crippen LogP contribution in [0.2, 0.25) is 5.02 Å². The van der Waals surface area contributed by atoms with E-state index in [-0.39, 0.29) is 29.8 Å². The molecule has 1 aliphatic rings. The standard InChI is InChI=1S/C22H19ClF2N6O/c1-31-29-20(28-30-31)14-4-2-13(3-5-14)19(15-8-9-22(24,25)11-15)21(32)27-17-7-6-16(12-26)18(23)10-17/h2-7,10,15,19H,8-9,11H2,1H3,(H,27,32)/t15-,19+/m0/s1. The molecule has 1 N–H and O–H groups in total. The van der Waals surface area contributed by atoms with Crippen LogP contribution in [0.3, 0.4) is 0 Å². The minimum atomic E-state index is -2.79. The van der Waals surface area contributed by atoms with Crippen LogP contribution >= 0.6 is 11.6 Å². The van der Waals surface area contributed by atoms with E-state index >= 15 is 0 Å². The molecule has 1 saturated carbocycles. The average molecular weight is 457 g/mol. The van der Waals surface area contributed by atoms with Gasteiger partial charge < -0.3 is 5.32 Å². The molecule has 1 heterocycles. The van der Waals surface area contributed by atoms with Crippen molar-refractivity contribution in [2.24, 2.45) is 13.0 Å². The molecule has 0 spiro atoms. The molecule has 0 saturated heterocycles.